The molecule has 26 heavy (non-hydrogen) atoms. The second kappa shape index (κ2) is 8.24. The van der Waals surface area contributed by atoms with Gasteiger partial charge in [0.1, 0.15) is 18.2 Å². The molecule has 140 valence electrons. The van der Waals surface area contributed by atoms with Crippen LogP contribution in [0.15, 0.2) is 42.5 Å². The summed E-state index contributed by atoms with van der Waals surface area (Å²) in [7, 11) is -3.65. The number of nitrogens with one attached hydrogen (secondary N) is 2. The number of rotatable bonds is 7. The topological polar surface area (TPSA) is 67.4 Å². The van der Waals surface area contributed by atoms with Crippen molar-refractivity contribution in [2.24, 2.45) is 0 Å². The van der Waals surface area contributed by atoms with Crippen LogP contribution in [-0.2, 0) is 16.8 Å². The zero-order valence-electron chi connectivity index (χ0n) is 14.0. The zero-order valence-corrected chi connectivity index (χ0v) is 15.6. The Balaban J connectivity index is 1.61. The van der Waals surface area contributed by atoms with E-state index in [1.165, 1.54) is 18.2 Å². The minimum absolute atomic E-state index is 0.0168. The number of anilines is 1. The largest absolute Gasteiger partial charge is 0.487 e. The highest BCUT2D eigenvalue weighted by molar-refractivity contribution is 7.90. The molecule has 0 saturated heterocycles. The van der Waals surface area contributed by atoms with E-state index in [0.717, 1.165) is 25.7 Å². The molecule has 0 aromatic heterocycles. The van der Waals surface area contributed by atoms with Gasteiger partial charge in [-0.1, -0.05) is 36.6 Å². The lowest BCUT2D eigenvalue weighted by Crippen LogP contribution is -2.37. The fourth-order valence-electron chi connectivity index (χ4n) is 2.92. The van der Waals surface area contributed by atoms with Crippen LogP contribution in [0, 0.1) is 5.82 Å². The Morgan fingerprint density at radius 2 is 1.92 bits per heavy atom. The van der Waals surface area contributed by atoms with Crippen molar-refractivity contribution < 1.29 is 17.5 Å². The number of benzene rings is 2. The molecule has 0 unspecified atom stereocenters. The molecule has 2 aromatic carbocycles. The first-order valence-electron chi connectivity index (χ1n) is 8.38. The van der Waals surface area contributed by atoms with Crippen LogP contribution in [-0.4, -0.2) is 14.5 Å². The molecular formula is C18H20ClFN2O3S. The van der Waals surface area contributed by atoms with Gasteiger partial charge >= 0.3 is 0 Å². The molecule has 0 atom stereocenters. The lowest BCUT2D eigenvalue weighted by molar-refractivity contribution is 0.306. The molecule has 1 saturated carbocycles. The maximum absolute atomic E-state index is 13.2. The lowest BCUT2D eigenvalue weighted by Gasteiger charge is -2.15. The van der Waals surface area contributed by atoms with Crippen LogP contribution in [0.2, 0.25) is 5.02 Å². The van der Waals surface area contributed by atoms with Crippen molar-refractivity contribution in [1.82, 2.24) is 4.72 Å². The van der Waals surface area contributed by atoms with Crippen molar-refractivity contribution in [3.05, 3.63) is 58.9 Å². The molecule has 1 aliphatic carbocycles. The standard InChI is InChI=1S/C18H20ClFN2O3S/c19-17-11-16(22-26(23,24)21-15-6-1-2-7-15)8-9-18(17)25-12-13-4-3-5-14(20)10-13/h3-5,8-11,15,21-22H,1-2,6-7,12H2. The molecule has 0 heterocycles. The molecular weight excluding hydrogens is 379 g/mol. The van der Waals surface area contributed by atoms with E-state index in [1.54, 1.807) is 24.3 Å². The summed E-state index contributed by atoms with van der Waals surface area (Å²) >= 11 is 6.17. The number of ether oxygens (including phenoxy) is 1. The molecule has 0 amide bonds. The predicted molar refractivity (Wildman–Crippen MR) is 100 cm³/mol. The molecule has 3 rings (SSSR count). The molecule has 2 aromatic rings. The highest BCUT2D eigenvalue weighted by Crippen LogP contribution is 2.29. The van der Waals surface area contributed by atoms with Gasteiger partial charge in [-0.25, -0.2) is 4.39 Å². The second-order valence-electron chi connectivity index (χ2n) is 6.27. The minimum Gasteiger partial charge on any atom is -0.487 e. The average Bonchev–Trinajstić information content (AvgIpc) is 3.06. The Kier molecular flexibility index (Phi) is 6.01. The van der Waals surface area contributed by atoms with Crippen LogP contribution in [0.4, 0.5) is 10.1 Å². The van der Waals surface area contributed by atoms with E-state index in [9.17, 15) is 12.8 Å². The van der Waals surface area contributed by atoms with Crippen molar-refractivity contribution in [1.29, 1.82) is 0 Å². The van der Waals surface area contributed by atoms with Crippen LogP contribution in [0.25, 0.3) is 0 Å². The smallest absolute Gasteiger partial charge is 0.299 e. The minimum atomic E-state index is -3.65. The molecule has 1 aliphatic rings. The van der Waals surface area contributed by atoms with Crippen molar-refractivity contribution in [2.45, 2.75) is 38.3 Å². The van der Waals surface area contributed by atoms with E-state index in [0.29, 0.717) is 17.0 Å². The molecule has 2 N–H and O–H groups in total. The van der Waals surface area contributed by atoms with Gasteiger partial charge in [0.25, 0.3) is 10.2 Å². The van der Waals surface area contributed by atoms with Gasteiger partial charge < -0.3 is 4.74 Å². The fourth-order valence-corrected chi connectivity index (χ4v) is 4.32. The van der Waals surface area contributed by atoms with Crippen LogP contribution < -0.4 is 14.2 Å². The van der Waals surface area contributed by atoms with E-state index in [4.69, 9.17) is 16.3 Å². The maximum Gasteiger partial charge on any atom is 0.299 e. The first kappa shape index (κ1) is 18.9. The van der Waals surface area contributed by atoms with Crippen molar-refractivity contribution in [2.75, 3.05) is 4.72 Å². The van der Waals surface area contributed by atoms with Crippen molar-refractivity contribution in [3.63, 3.8) is 0 Å². The second-order valence-corrected chi connectivity index (χ2v) is 8.12. The SMILES string of the molecule is O=S(=O)(Nc1ccc(OCc2cccc(F)c2)c(Cl)c1)NC1CCCC1. The van der Waals surface area contributed by atoms with Gasteiger partial charge in [-0.15, -0.1) is 0 Å². The Morgan fingerprint density at radius 3 is 2.62 bits per heavy atom. The molecule has 1 fully saturated rings. The summed E-state index contributed by atoms with van der Waals surface area (Å²) in [5.74, 6) is 0.0549. The van der Waals surface area contributed by atoms with Crippen LogP contribution in [0.5, 0.6) is 5.75 Å². The van der Waals surface area contributed by atoms with Gasteiger partial charge in [0, 0.05) is 6.04 Å². The Labute approximate surface area is 157 Å². The predicted octanol–water partition coefficient (Wildman–Crippen LogP) is 4.25. The van der Waals surface area contributed by atoms with E-state index in [2.05, 4.69) is 9.44 Å². The molecule has 8 heteroatoms. The van der Waals surface area contributed by atoms with E-state index in [1.807, 2.05) is 0 Å². The highest BCUT2D eigenvalue weighted by atomic mass is 35.5. The molecule has 0 radical (unpaired) electrons. The first-order valence-corrected chi connectivity index (χ1v) is 10.2. The van der Waals surface area contributed by atoms with Gasteiger partial charge in [-0.3, -0.25) is 4.72 Å². The quantitative estimate of drug-likeness (QED) is 0.732. The van der Waals surface area contributed by atoms with E-state index in [-0.39, 0.29) is 23.5 Å². The molecule has 0 spiro atoms. The summed E-state index contributed by atoms with van der Waals surface area (Å²) < 4.78 is 48.2. The Morgan fingerprint density at radius 1 is 1.15 bits per heavy atom. The van der Waals surface area contributed by atoms with E-state index < -0.39 is 10.2 Å². The highest BCUT2D eigenvalue weighted by Gasteiger charge is 2.21. The average molecular weight is 399 g/mol. The summed E-state index contributed by atoms with van der Waals surface area (Å²) in [4.78, 5) is 0. The molecule has 0 bridgehead atoms. The van der Waals surface area contributed by atoms with Gasteiger partial charge in [-0.05, 0) is 48.7 Å². The van der Waals surface area contributed by atoms with Crippen LogP contribution in [0.3, 0.4) is 0 Å². The van der Waals surface area contributed by atoms with Gasteiger partial charge in [0.2, 0.25) is 0 Å². The van der Waals surface area contributed by atoms with Gasteiger partial charge in [0.15, 0.2) is 0 Å². The summed E-state index contributed by atoms with van der Waals surface area (Å²) in [5, 5.41) is 0.266. The molecule has 0 aliphatic heterocycles. The first-order chi connectivity index (χ1) is 12.4. The Bertz CT molecular complexity index is 870. The fraction of sp³-hybridized carbons (Fsp3) is 0.333. The summed E-state index contributed by atoms with van der Waals surface area (Å²) in [5.41, 5.74) is 1.02. The number of halogens is 2. The monoisotopic (exact) mass is 398 g/mol. The third kappa shape index (κ3) is 5.33. The third-order valence-electron chi connectivity index (χ3n) is 4.14. The Hall–Kier alpha value is -1.83. The van der Waals surface area contributed by atoms with Crippen LogP contribution in [0.1, 0.15) is 31.2 Å². The van der Waals surface area contributed by atoms with Gasteiger partial charge in [-0.2, -0.15) is 13.1 Å². The number of hydrogen-bond acceptors (Lipinski definition) is 3. The summed E-state index contributed by atoms with van der Waals surface area (Å²) in [6, 6.07) is 10.7. The molecule has 5 nitrogen and oxygen atoms in total. The summed E-state index contributed by atoms with van der Waals surface area (Å²) in [6.07, 6.45) is 3.79. The van der Waals surface area contributed by atoms with Crippen molar-refractivity contribution in [3.8, 4) is 5.75 Å². The number of hydrogen-bond donors (Lipinski definition) is 2. The summed E-state index contributed by atoms with van der Waals surface area (Å²) in [6.45, 7) is 0.159. The van der Waals surface area contributed by atoms with E-state index >= 15 is 0 Å². The van der Waals surface area contributed by atoms with Gasteiger partial charge in [0.05, 0.1) is 10.7 Å². The maximum atomic E-state index is 13.2. The van der Waals surface area contributed by atoms with Crippen LogP contribution >= 0.6 is 11.6 Å². The zero-order chi connectivity index (χ0) is 18.6. The lowest BCUT2D eigenvalue weighted by atomic mass is 10.2. The normalized spacial score (nSPS) is 15.2. The third-order valence-corrected chi connectivity index (χ3v) is 5.59. The van der Waals surface area contributed by atoms with Crippen molar-refractivity contribution >= 4 is 27.5 Å².